The van der Waals surface area contributed by atoms with E-state index in [4.69, 9.17) is 33.7 Å². The van der Waals surface area contributed by atoms with E-state index in [9.17, 15) is 0 Å². The highest BCUT2D eigenvalue weighted by atomic mass is 35.5. The number of rotatable bonds is 5. The molecule has 0 radical (unpaired) electrons. The first-order valence-electron chi connectivity index (χ1n) is 6.56. The molecule has 19 heavy (non-hydrogen) atoms. The lowest BCUT2D eigenvalue weighted by atomic mass is 10.0. The average Bonchev–Trinajstić information content (AvgIpc) is 2.76. The van der Waals surface area contributed by atoms with E-state index in [1.54, 1.807) is 6.07 Å². The summed E-state index contributed by atoms with van der Waals surface area (Å²) in [6.45, 7) is 4.24. The summed E-state index contributed by atoms with van der Waals surface area (Å²) >= 11 is 12.1. The van der Waals surface area contributed by atoms with Gasteiger partial charge in [-0.1, -0.05) is 23.2 Å². The number of nitrogens with two attached hydrogens (primary N) is 1. The first kappa shape index (κ1) is 15.1. The molecular weight excluding hydrogens is 283 g/mol. The summed E-state index contributed by atoms with van der Waals surface area (Å²) in [7, 11) is 0. The molecule has 0 spiro atoms. The van der Waals surface area contributed by atoms with Crippen LogP contribution in [-0.4, -0.2) is 25.3 Å². The van der Waals surface area contributed by atoms with E-state index in [0.29, 0.717) is 16.6 Å². The van der Waals surface area contributed by atoms with Gasteiger partial charge in [0.25, 0.3) is 0 Å². The molecule has 1 aromatic carbocycles. The maximum atomic E-state index is 6.03. The van der Waals surface area contributed by atoms with Crippen molar-refractivity contribution in [1.29, 1.82) is 0 Å². The van der Waals surface area contributed by atoms with E-state index in [0.717, 1.165) is 31.6 Å². The van der Waals surface area contributed by atoms with Crippen LogP contribution in [0.1, 0.15) is 31.4 Å². The Hall–Kier alpha value is -0.320. The summed E-state index contributed by atoms with van der Waals surface area (Å²) in [5, 5.41) is 4.72. The maximum absolute atomic E-state index is 6.03. The molecule has 0 aliphatic carbocycles. The number of hydrogen-bond acceptors (Lipinski definition) is 3. The highest BCUT2D eigenvalue weighted by Gasteiger charge is 2.30. The summed E-state index contributed by atoms with van der Waals surface area (Å²) in [6.07, 6.45) is 2.20. The van der Waals surface area contributed by atoms with Crippen molar-refractivity contribution in [2.45, 2.75) is 31.4 Å². The molecule has 2 rings (SSSR count). The predicted molar refractivity (Wildman–Crippen MR) is 79.9 cm³/mol. The molecule has 106 valence electrons. The lowest BCUT2D eigenvalue weighted by molar-refractivity contribution is 0.0189. The van der Waals surface area contributed by atoms with Gasteiger partial charge in [0.1, 0.15) is 0 Å². The molecule has 0 aromatic heterocycles. The molecule has 2 unspecified atom stereocenters. The summed E-state index contributed by atoms with van der Waals surface area (Å²) in [4.78, 5) is 0. The Morgan fingerprint density at radius 1 is 1.37 bits per heavy atom. The quantitative estimate of drug-likeness (QED) is 0.878. The second kappa shape index (κ2) is 6.42. The second-order valence-corrected chi connectivity index (χ2v) is 6.15. The van der Waals surface area contributed by atoms with Gasteiger partial charge in [0, 0.05) is 35.8 Å². The highest BCUT2D eigenvalue weighted by molar-refractivity contribution is 6.34. The minimum absolute atomic E-state index is 0.0391. The molecule has 1 heterocycles. The SMILES string of the molecule is CC1(CNC(CN)c2cc(Cl)cc(Cl)c2)CCCO1. The van der Waals surface area contributed by atoms with Crippen LogP contribution in [0.25, 0.3) is 0 Å². The maximum Gasteiger partial charge on any atom is 0.0779 e. The Balaban J connectivity index is 2.03. The number of benzene rings is 1. The van der Waals surface area contributed by atoms with Crippen molar-refractivity contribution in [2.24, 2.45) is 5.73 Å². The fraction of sp³-hybridized carbons (Fsp3) is 0.571. The average molecular weight is 303 g/mol. The minimum Gasteiger partial charge on any atom is -0.374 e. The summed E-state index contributed by atoms with van der Waals surface area (Å²) in [5.41, 5.74) is 6.77. The fourth-order valence-electron chi connectivity index (χ4n) is 2.43. The molecule has 1 aliphatic heterocycles. The molecule has 3 nitrogen and oxygen atoms in total. The molecule has 0 saturated carbocycles. The van der Waals surface area contributed by atoms with Gasteiger partial charge in [0.15, 0.2) is 0 Å². The zero-order chi connectivity index (χ0) is 13.9. The summed E-state index contributed by atoms with van der Waals surface area (Å²) in [6, 6.07) is 5.56. The van der Waals surface area contributed by atoms with Gasteiger partial charge in [-0.3, -0.25) is 0 Å². The molecule has 0 bridgehead atoms. The van der Waals surface area contributed by atoms with Gasteiger partial charge in [-0.05, 0) is 43.5 Å². The Bertz CT molecular complexity index is 413. The van der Waals surface area contributed by atoms with Crippen molar-refractivity contribution in [1.82, 2.24) is 5.32 Å². The van der Waals surface area contributed by atoms with Crippen molar-refractivity contribution in [3.8, 4) is 0 Å². The van der Waals surface area contributed by atoms with Crippen molar-refractivity contribution in [3.63, 3.8) is 0 Å². The van der Waals surface area contributed by atoms with Crippen LogP contribution in [0.2, 0.25) is 10.0 Å². The number of halogens is 2. The third-order valence-electron chi connectivity index (χ3n) is 3.55. The van der Waals surface area contributed by atoms with Crippen LogP contribution < -0.4 is 11.1 Å². The number of ether oxygens (including phenoxy) is 1. The first-order valence-corrected chi connectivity index (χ1v) is 7.31. The second-order valence-electron chi connectivity index (χ2n) is 5.27. The Morgan fingerprint density at radius 3 is 2.58 bits per heavy atom. The van der Waals surface area contributed by atoms with Gasteiger partial charge in [0.05, 0.1) is 5.60 Å². The molecule has 2 atom stereocenters. The van der Waals surface area contributed by atoms with Crippen LogP contribution in [0.15, 0.2) is 18.2 Å². The molecule has 1 fully saturated rings. The lowest BCUT2D eigenvalue weighted by Crippen LogP contribution is -2.41. The largest absolute Gasteiger partial charge is 0.374 e. The topological polar surface area (TPSA) is 47.3 Å². The Labute approximate surface area is 124 Å². The summed E-state index contributed by atoms with van der Waals surface area (Å²) in [5.74, 6) is 0. The number of nitrogens with one attached hydrogen (secondary N) is 1. The van der Waals surface area contributed by atoms with Crippen LogP contribution in [0.5, 0.6) is 0 Å². The normalized spacial score (nSPS) is 24.6. The Morgan fingerprint density at radius 2 is 2.05 bits per heavy atom. The van der Waals surface area contributed by atoms with Crippen LogP contribution in [0, 0.1) is 0 Å². The van der Waals surface area contributed by atoms with Crippen LogP contribution in [-0.2, 0) is 4.74 Å². The first-order chi connectivity index (χ1) is 9.02. The number of hydrogen-bond donors (Lipinski definition) is 2. The molecule has 0 amide bonds. The molecule has 5 heteroatoms. The highest BCUT2D eigenvalue weighted by Crippen LogP contribution is 2.26. The van der Waals surface area contributed by atoms with E-state index in [2.05, 4.69) is 12.2 Å². The zero-order valence-electron chi connectivity index (χ0n) is 11.1. The van der Waals surface area contributed by atoms with Crippen molar-refractivity contribution in [2.75, 3.05) is 19.7 Å². The van der Waals surface area contributed by atoms with Gasteiger partial charge in [-0.2, -0.15) is 0 Å². The van der Waals surface area contributed by atoms with Gasteiger partial charge in [0.2, 0.25) is 0 Å². The van der Waals surface area contributed by atoms with Crippen LogP contribution in [0.3, 0.4) is 0 Å². The monoisotopic (exact) mass is 302 g/mol. The smallest absolute Gasteiger partial charge is 0.0779 e. The standard InChI is InChI=1S/C14H20Cl2N2O/c1-14(3-2-4-19-14)9-18-13(8-17)10-5-11(15)7-12(16)6-10/h5-7,13,18H,2-4,8-9,17H2,1H3. The summed E-state index contributed by atoms with van der Waals surface area (Å²) < 4.78 is 5.76. The van der Waals surface area contributed by atoms with Crippen molar-refractivity contribution < 1.29 is 4.74 Å². The molecule has 1 aliphatic rings. The van der Waals surface area contributed by atoms with E-state index >= 15 is 0 Å². The van der Waals surface area contributed by atoms with Crippen molar-refractivity contribution >= 4 is 23.2 Å². The van der Waals surface area contributed by atoms with Gasteiger partial charge < -0.3 is 15.8 Å². The predicted octanol–water partition coefficient (Wildman–Crippen LogP) is 3.15. The van der Waals surface area contributed by atoms with Gasteiger partial charge in [-0.25, -0.2) is 0 Å². The molecule has 1 saturated heterocycles. The van der Waals surface area contributed by atoms with E-state index < -0.39 is 0 Å². The van der Waals surface area contributed by atoms with E-state index in [-0.39, 0.29) is 11.6 Å². The van der Waals surface area contributed by atoms with E-state index in [1.807, 2.05) is 12.1 Å². The minimum atomic E-state index is -0.0875. The fourth-order valence-corrected chi connectivity index (χ4v) is 2.97. The molecule has 3 N–H and O–H groups in total. The third kappa shape index (κ3) is 4.07. The van der Waals surface area contributed by atoms with Crippen LogP contribution >= 0.6 is 23.2 Å². The van der Waals surface area contributed by atoms with E-state index in [1.165, 1.54) is 0 Å². The third-order valence-corrected chi connectivity index (χ3v) is 3.98. The van der Waals surface area contributed by atoms with Gasteiger partial charge in [-0.15, -0.1) is 0 Å². The lowest BCUT2D eigenvalue weighted by Gasteiger charge is -2.27. The van der Waals surface area contributed by atoms with Crippen LogP contribution in [0.4, 0.5) is 0 Å². The Kier molecular flexibility index (Phi) is 5.09. The zero-order valence-corrected chi connectivity index (χ0v) is 12.6. The molecule has 1 aromatic rings. The van der Waals surface area contributed by atoms with Crippen molar-refractivity contribution in [3.05, 3.63) is 33.8 Å². The molecular formula is C14H20Cl2N2O. The van der Waals surface area contributed by atoms with Gasteiger partial charge >= 0.3 is 0 Å².